The number of hydrogen-bond acceptors (Lipinski definition) is 3. The van der Waals surface area contributed by atoms with E-state index in [4.69, 9.17) is 0 Å². The number of aromatic nitrogens is 1. The Balaban J connectivity index is 2.44. The van der Waals surface area contributed by atoms with Crippen molar-refractivity contribution in [3.8, 4) is 0 Å². The average Bonchev–Trinajstić information content (AvgIpc) is 2.62. The third-order valence-corrected chi connectivity index (χ3v) is 3.78. The molecule has 0 aromatic carbocycles. The lowest BCUT2D eigenvalue weighted by atomic mass is 9.93. The van der Waals surface area contributed by atoms with E-state index in [0.717, 1.165) is 31.3 Å². The van der Waals surface area contributed by atoms with Crippen LogP contribution in [0.4, 0.5) is 0 Å². The number of nitrogens with zero attached hydrogens (tertiary/aromatic N) is 1. The van der Waals surface area contributed by atoms with Gasteiger partial charge in [0.15, 0.2) is 0 Å². The summed E-state index contributed by atoms with van der Waals surface area (Å²) in [6, 6.07) is 0. The molecule has 0 radical (unpaired) electrons. The molecule has 1 atom stereocenters. The van der Waals surface area contributed by atoms with Crippen LogP contribution < -0.4 is 5.32 Å². The summed E-state index contributed by atoms with van der Waals surface area (Å²) in [5.41, 5.74) is 1.27. The molecule has 0 amide bonds. The molecule has 0 spiro atoms. The zero-order valence-electron chi connectivity index (χ0n) is 12.5. The highest BCUT2D eigenvalue weighted by molar-refractivity contribution is 7.09. The number of hydrogen-bond donors (Lipinski definition) is 1. The lowest BCUT2D eigenvalue weighted by Crippen LogP contribution is -2.28. The van der Waals surface area contributed by atoms with Gasteiger partial charge in [-0.25, -0.2) is 4.98 Å². The first kappa shape index (κ1) is 15.6. The number of rotatable bonds is 8. The molecule has 0 bridgehead atoms. The van der Waals surface area contributed by atoms with Crippen molar-refractivity contribution in [2.45, 2.75) is 47.5 Å². The van der Waals surface area contributed by atoms with Crippen molar-refractivity contribution >= 4 is 11.3 Å². The molecule has 1 aromatic rings. The van der Waals surface area contributed by atoms with E-state index < -0.39 is 0 Å². The minimum absolute atomic E-state index is 0.713. The van der Waals surface area contributed by atoms with Crippen LogP contribution in [0.25, 0.3) is 0 Å². The summed E-state index contributed by atoms with van der Waals surface area (Å²) in [5.74, 6) is 2.20. The molecule has 18 heavy (non-hydrogen) atoms. The molecule has 0 saturated heterocycles. The van der Waals surface area contributed by atoms with Gasteiger partial charge in [0, 0.05) is 5.38 Å². The molecule has 0 aliphatic rings. The van der Waals surface area contributed by atoms with Crippen molar-refractivity contribution in [2.75, 3.05) is 13.1 Å². The maximum absolute atomic E-state index is 4.59. The van der Waals surface area contributed by atoms with Crippen LogP contribution in [0.5, 0.6) is 0 Å². The Bertz CT molecular complexity index is 331. The van der Waals surface area contributed by atoms with E-state index in [9.17, 15) is 0 Å². The molecule has 1 unspecified atom stereocenters. The third kappa shape index (κ3) is 6.50. The summed E-state index contributed by atoms with van der Waals surface area (Å²) >= 11 is 1.76. The van der Waals surface area contributed by atoms with Crippen molar-refractivity contribution in [1.82, 2.24) is 10.3 Å². The molecule has 0 fully saturated rings. The van der Waals surface area contributed by atoms with Crippen molar-refractivity contribution in [1.29, 1.82) is 0 Å². The van der Waals surface area contributed by atoms with Gasteiger partial charge in [-0.3, -0.25) is 0 Å². The molecule has 0 saturated carbocycles. The summed E-state index contributed by atoms with van der Waals surface area (Å²) in [4.78, 5) is 4.59. The van der Waals surface area contributed by atoms with Gasteiger partial charge in [0.05, 0.1) is 10.7 Å². The van der Waals surface area contributed by atoms with Gasteiger partial charge in [-0.05, 0) is 50.6 Å². The van der Waals surface area contributed by atoms with E-state index in [1.807, 2.05) is 0 Å². The van der Waals surface area contributed by atoms with Crippen LogP contribution in [0.2, 0.25) is 0 Å². The molecular formula is C15H28N2S. The van der Waals surface area contributed by atoms with Crippen LogP contribution in [0, 0.1) is 24.7 Å². The van der Waals surface area contributed by atoms with Gasteiger partial charge in [0.1, 0.15) is 0 Å². The minimum atomic E-state index is 0.713. The minimum Gasteiger partial charge on any atom is -0.316 e. The summed E-state index contributed by atoms with van der Waals surface area (Å²) < 4.78 is 0. The Morgan fingerprint density at radius 3 is 2.39 bits per heavy atom. The van der Waals surface area contributed by atoms with Crippen LogP contribution >= 0.6 is 11.3 Å². The number of nitrogens with one attached hydrogen (secondary N) is 1. The molecule has 0 aliphatic heterocycles. The van der Waals surface area contributed by atoms with E-state index >= 15 is 0 Å². The first-order valence-electron chi connectivity index (χ1n) is 7.09. The summed E-state index contributed by atoms with van der Waals surface area (Å²) in [5, 5.41) is 6.99. The average molecular weight is 268 g/mol. The second kappa shape index (κ2) is 7.90. The van der Waals surface area contributed by atoms with E-state index in [-0.39, 0.29) is 0 Å². The molecule has 104 valence electrons. The fourth-order valence-corrected chi connectivity index (χ4v) is 2.90. The van der Waals surface area contributed by atoms with E-state index in [2.05, 4.69) is 50.3 Å². The molecular weight excluding hydrogens is 240 g/mol. The predicted molar refractivity (Wildman–Crippen MR) is 81.2 cm³/mol. The van der Waals surface area contributed by atoms with Gasteiger partial charge in [0.25, 0.3) is 0 Å². The highest BCUT2D eigenvalue weighted by Crippen LogP contribution is 2.18. The van der Waals surface area contributed by atoms with Gasteiger partial charge in [0.2, 0.25) is 0 Å². The van der Waals surface area contributed by atoms with Crippen molar-refractivity contribution in [2.24, 2.45) is 17.8 Å². The highest BCUT2D eigenvalue weighted by Gasteiger charge is 2.13. The monoisotopic (exact) mass is 268 g/mol. The molecule has 2 nitrogen and oxygen atoms in total. The van der Waals surface area contributed by atoms with Crippen LogP contribution in [-0.4, -0.2) is 18.1 Å². The fraction of sp³-hybridized carbons (Fsp3) is 0.800. The van der Waals surface area contributed by atoms with Gasteiger partial charge < -0.3 is 5.32 Å². The second-order valence-electron chi connectivity index (χ2n) is 6.11. The molecule has 1 aromatic heterocycles. The summed E-state index contributed by atoms with van der Waals surface area (Å²) in [6.07, 6.45) is 2.40. The van der Waals surface area contributed by atoms with Gasteiger partial charge in [-0.2, -0.15) is 0 Å². The van der Waals surface area contributed by atoms with Crippen molar-refractivity contribution in [3.63, 3.8) is 0 Å². The zero-order valence-corrected chi connectivity index (χ0v) is 13.3. The van der Waals surface area contributed by atoms with E-state index in [1.165, 1.54) is 17.1 Å². The second-order valence-corrected chi connectivity index (χ2v) is 7.17. The highest BCUT2D eigenvalue weighted by atomic mass is 32.1. The normalized spacial score (nSPS) is 13.5. The molecule has 3 heteroatoms. The first-order valence-corrected chi connectivity index (χ1v) is 7.97. The Morgan fingerprint density at radius 2 is 1.89 bits per heavy atom. The van der Waals surface area contributed by atoms with Gasteiger partial charge in [-0.1, -0.05) is 27.7 Å². The molecule has 1 heterocycles. The maximum atomic E-state index is 4.59. The Kier molecular flexibility index (Phi) is 6.87. The first-order chi connectivity index (χ1) is 8.47. The van der Waals surface area contributed by atoms with E-state index in [1.54, 1.807) is 11.3 Å². The smallest absolute Gasteiger partial charge is 0.0897 e. The third-order valence-electron chi connectivity index (χ3n) is 2.95. The van der Waals surface area contributed by atoms with Gasteiger partial charge >= 0.3 is 0 Å². The van der Waals surface area contributed by atoms with Crippen LogP contribution in [0.15, 0.2) is 5.38 Å². The predicted octanol–water partition coefficient (Wildman–Crippen LogP) is 3.90. The lowest BCUT2D eigenvalue weighted by Gasteiger charge is -2.19. The zero-order chi connectivity index (χ0) is 13.5. The van der Waals surface area contributed by atoms with Gasteiger partial charge in [-0.15, -0.1) is 11.3 Å². The molecule has 1 N–H and O–H groups in total. The van der Waals surface area contributed by atoms with Crippen LogP contribution in [0.3, 0.4) is 0 Å². The van der Waals surface area contributed by atoms with Crippen molar-refractivity contribution in [3.05, 3.63) is 16.1 Å². The van der Waals surface area contributed by atoms with E-state index in [0.29, 0.717) is 5.92 Å². The van der Waals surface area contributed by atoms with Crippen LogP contribution in [0.1, 0.15) is 44.8 Å². The van der Waals surface area contributed by atoms with Crippen molar-refractivity contribution < 1.29 is 0 Å². The summed E-state index contributed by atoms with van der Waals surface area (Å²) in [6.45, 7) is 13.5. The van der Waals surface area contributed by atoms with Crippen LogP contribution in [-0.2, 0) is 6.42 Å². The quantitative estimate of drug-likeness (QED) is 0.773. The maximum Gasteiger partial charge on any atom is 0.0897 e. The lowest BCUT2D eigenvalue weighted by molar-refractivity contribution is 0.374. The largest absolute Gasteiger partial charge is 0.316 e. The Labute approximate surface area is 116 Å². The number of thiazole rings is 1. The number of aryl methyl sites for hydroxylation is 1. The molecule has 0 aliphatic carbocycles. The molecule has 1 rings (SSSR count). The SMILES string of the molecule is Cc1nc(CC(CNCC(C)C)CC(C)C)cs1. The Morgan fingerprint density at radius 1 is 1.17 bits per heavy atom. The summed E-state index contributed by atoms with van der Waals surface area (Å²) in [7, 11) is 0. The topological polar surface area (TPSA) is 24.9 Å². The fourth-order valence-electron chi connectivity index (χ4n) is 2.28. The standard InChI is InChI=1S/C15H28N2S/c1-11(2)6-14(9-16-8-12(3)4)7-15-10-18-13(5)17-15/h10-12,14,16H,6-9H2,1-5H3. The Hall–Kier alpha value is -0.410.